The second kappa shape index (κ2) is 34.1. The number of nitrogens with one attached hydrogen (secondary N) is 4. The molecule has 20 nitrogen and oxygen atoms in total. The van der Waals surface area contributed by atoms with Gasteiger partial charge in [-0.15, -0.1) is 11.8 Å². The molecule has 0 spiro atoms. The van der Waals surface area contributed by atoms with E-state index >= 15 is 0 Å². The molecular weight excluding hydrogens is 1580 g/mol. The second-order valence-electron chi connectivity index (χ2n) is 31.6. The maximum absolute atomic E-state index is 14.7. The number of benzene rings is 5. The van der Waals surface area contributed by atoms with Crippen LogP contribution in [0.2, 0.25) is 5.02 Å². The van der Waals surface area contributed by atoms with Crippen molar-refractivity contribution in [3.8, 4) is 0 Å². The summed E-state index contributed by atoms with van der Waals surface area (Å²) in [7, 11) is -9.41. The van der Waals surface area contributed by atoms with E-state index in [-0.39, 0.29) is 68.1 Å². The first-order chi connectivity index (χ1) is 50.2. The number of sulfone groups is 1. The zero-order valence-corrected chi connectivity index (χ0v) is 68.7. The number of hydrogen-bond acceptors (Lipinski definition) is 17. The van der Waals surface area contributed by atoms with Crippen LogP contribution >= 0.6 is 51.9 Å². The first-order valence-electron chi connectivity index (χ1n) is 36.1. The van der Waals surface area contributed by atoms with Crippen LogP contribution in [0.1, 0.15) is 148 Å². The largest absolute Gasteiger partial charge is 0.501 e. The number of allylic oxidation sites excluding steroid dienone is 2. The fourth-order valence-electron chi connectivity index (χ4n) is 14.1. The highest BCUT2D eigenvalue weighted by atomic mass is 127. The van der Waals surface area contributed by atoms with Crippen LogP contribution in [0, 0.1) is 21.7 Å². The van der Waals surface area contributed by atoms with E-state index in [0.717, 1.165) is 83.3 Å². The van der Waals surface area contributed by atoms with Crippen LogP contribution in [0.4, 0.5) is 24.5 Å². The highest BCUT2D eigenvalue weighted by Crippen LogP contribution is 2.48. The summed E-state index contributed by atoms with van der Waals surface area (Å²) in [4.78, 5) is 80.9. The zero-order chi connectivity index (χ0) is 77.8. The molecule has 5 N–H and O–H groups in total. The average Bonchev–Trinajstić information content (AvgIpc) is 0.906. The normalized spacial score (nSPS) is 19.6. The Labute approximate surface area is 650 Å². The van der Waals surface area contributed by atoms with E-state index in [0.29, 0.717) is 56.9 Å². The zero-order valence-electron chi connectivity index (χ0n) is 62.5. The van der Waals surface area contributed by atoms with Gasteiger partial charge < -0.3 is 35.8 Å². The lowest BCUT2D eigenvalue weighted by Gasteiger charge is -2.44. The number of likely N-dealkylation sites (tertiary alicyclic amines) is 1. The van der Waals surface area contributed by atoms with Gasteiger partial charge in [0.1, 0.15) is 17.0 Å². The van der Waals surface area contributed by atoms with Crippen molar-refractivity contribution >= 4 is 123 Å². The third-order valence-electron chi connectivity index (χ3n) is 21.5. The molecule has 5 amide bonds. The topological polar surface area (TPSA) is 251 Å². The van der Waals surface area contributed by atoms with Gasteiger partial charge >= 0.3 is 5.51 Å². The third kappa shape index (κ3) is 20.4. The lowest BCUT2D eigenvalue weighted by molar-refractivity contribution is -0.149. The molecule has 3 saturated heterocycles. The number of hydrogen-bond donors (Lipinski definition) is 5. The Morgan fingerprint density at radius 2 is 1.43 bits per heavy atom. The van der Waals surface area contributed by atoms with Gasteiger partial charge in [0, 0.05) is 128 Å². The number of alkyl halides is 3. The number of aliphatic hydroxyl groups is 1. The van der Waals surface area contributed by atoms with E-state index in [1.807, 2.05) is 99.1 Å². The number of anilines is 2. The van der Waals surface area contributed by atoms with Crippen molar-refractivity contribution in [2.75, 3.05) is 88.0 Å². The molecule has 580 valence electrons. The molecule has 3 fully saturated rings. The van der Waals surface area contributed by atoms with Gasteiger partial charge in [-0.2, -0.15) is 13.2 Å². The minimum absolute atomic E-state index is 0.0122. The molecule has 4 heterocycles. The monoisotopic (exact) mass is 1680 g/mol. The molecule has 0 radical (unpaired) electrons. The van der Waals surface area contributed by atoms with Crippen LogP contribution in [-0.4, -0.2) is 179 Å². The SMILES string of the molecule is CC1=C(c2ccc([C@H](C)NC(=O)[C@@H]3C[C@@H](O)CN3C(=O)[C@@H](NC(=O)C(C)(C)C(C)(C)CC(=O)N3CCN(CC[C@H](CSc4ccccc4)Nc4ccc(S(=O)(=O)NC(=O)c5ccc(N6CCN(CC7=C(c8ccc(Cl)cc8)CCC(C)(C)C7)CC6)cc5)cc4S(=O)(=O)C(F)(F)F)CC3)C(C)(C)C)cc2)SI=N1. The number of halogens is 5. The van der Waals surface area contributed by atoms with E-state index in [2.05, 4.69) is 59.8 Å². The number of β-amino-alcohol motifs (C(OH)–C–C–N with tert-alkyl or cyclic N) is 1. The number of aliphatic hydroxyl groups excluding tert-OH is 1. The summed E-state index contributed by atoms with van der Waals surface area (Å²) in [6.07, 6.45) is 2.32. The van der Waals surface area contributed by atoms with Crippen molar-refractivity contribution < 1.29 is 59.1 Å². The summed E-state index contributed by atoms with van der Waals surface area (Å²) in [6.45, 7) is 26.4. The van der Waals surface area contributed by atoms with E-state index in [9.17, 15) is 59.1 Å². The van der Waals surface area contributed by atoms with Crippen molar-refractivity contribution in [3.63, 3.8) is 0 Å². The minimum Gasteiger partial charge on any atom is -0.391 e. The maximum Gasteiger partial charge on any atom is 0.501 e. The predicted molar refractivity (Wildman–Crippen MR) is 427 cm³/mol. The molecule has 0 bridgehead atoms. The fourth-order valence-corrected chi connectivity index (χ4v) is 21.7. The molecule has 5 aromatic rings. The lowest BCUT2D eigenvalue weighted by atomic mass is 9.65. The highest BCUT2D eigenvalue weighted by Gasteiger charge is 2.51. The number of carbonyl (C=O) groups excluding carboxylic acids is 5. The van der Waals surface area contributed by atoms with Gasteiger partial charge in [0.15, 0.2) is 0 Å². The van der Waals surface area contributed by atoms with E-state index in [4.69, 9.17) is 11.6 Å². The van der Waals surface area contributed by atoms with Crippen molar-refractivity contribution in [2.24, 2.45) is 24.8 Å². The van der Waals surface area contributed by atoms with Crippen LogP contribution in [0.25, 0.3) is 10.5 Å². The molecule has 0 unspecified atom stereocenters. The molecule has 107 heavy (non-hydrogen) atoms. The van der Waals surface area contributed by atoms with Crippen LogP contribution in [-0.2, 0) is 39.0 Å². The third-order valence-corrected chi connectivity index (χ3v) is 29.9. The summed E-state index contributed by atoms with van der Waals surface area (Å²) < 4.78 is 106. The van der Waals surface area contributed by atoms with Crippen LogP contribution < -0.4 is 25.6 Å². The Bertz CT molecular complexity index is 4410. The molecule has 29 heteroatoms. The van der Waals surface area contributed by atoms with Gasteiger partial charge in [0.2, 0.25) is 23.6 Å². The summed E-state index contributed by atoms with van der Waals surface area (Å²) in [5.41, 5.74) is -1.54. The number of sulfonamides is 1. The Kier molecular flexibility index (Phi) is 26.5. The van der Waals surface area contributed by atoms with Crippen molar-refractivity contribution in [3.05, 3.63) is 160 Å². The quantitative estimate of drug-likeness (QED) is 0.0255. The van der Waals surface area contributed by atoms with Crippen LogP contribution in [0.5, 0.6) is 0 Å². The van der Waals surface area contributed by atoms with E-state index in [1.54, 1.807) is 60.6 Å². The predicted octanol–water partition coefficient (Wildman–Crippen LogP) is 14.0. The molecule has 4 aliphatic heterocycles. The average molecular weight is 1680 g/mol. The Morgan fingerprint density at radius 1 is 0.794 bits per heavy atom. The standard InChI is InChI=1S/C78H99ClF3IN10O10S4/c1-50(52-17-19-54(20-18-52)68-51(2)87-83-105-68)84-71(97)65-43-60(94)48-93(65)72(98)69(74(3,4)5)86-73(99)77(10,11)76(8,9)46-67(95)92-41-35-89(36-42-92)34-32-58(49-104-61-15-13-12-14-16-61)85-64-30-29-62(44-66(64)106(100,101)78(80,81)82)107(102,103)88-70(96)55-23-27-59(28-24-55)91-39-37-90(38-40-91)47-56-45-75(6,7)33-31-63(56)53-21-25-57(79)26-22-53/h12-30,44,50,58,60,65,69,85,94H,31-43,45-49H2,1-11H3,(H,84,97)(H,86,99)(H,88,96)/t50-,58+,60+,65-,69+/m0/s1. The summed E-state index contributed by atoms with van der Waals surface area (Å²) in [6, 6.07) is 30.6. The highest BCUT2D eigenvalue weighted by molar-refractivity contribution is 14.2. The first-order valence-corrected chi connectivity index (χ1v) is 44.8. The molecule has 5 aliphatic rings. The smallest absolute Gasteiger partial charge is 0.391 e. The molecule has 0 aromatic heterocycles. The molecule has 5 atom stereocenters. The Morgan fingerprint density at radius 3 is 2.05 bits per heavy atom. The van der Waals surface area contributed by atoms with E-state index in [1.165, 1.54) is 45.5 Å². The number of rotatable bonds is 26. The molecule has 0 saturated carbocycles. The van der Waals surface area contributed by atoms with Crippen LogP contribution in [0.15, 0.2) is 150 Å². The van der Waals surface area contributed by atoms with E-state index < -0.39 is 111 Å². The van der Waals surface area contributed by atoms with Gasteiger partial charge in [0.05, 0.1) is 48.1 Å². The van der Waals surface area contributed by atoms with Crippen molar-refractivity contribution in [2.45, 2.75) is 165 Å². The molecule has 1 aliphatic carbocycles. The van der Waals surface area contributed by atoms with Gasteiger partial charge in [-0.3, -0.25) is 33.8 Å². The number of thioether (sulfide) groups is 1. The van der Waals surface area contributed by atoms with Crippen LogP contribution in [0.3, 0.4) is 0 Å². The van der Waals surface area contributed by atoms with Crippen molar-refractivity contribution in [1.29, 1.82) is 0 Å². The summed E-state index contributed by atoms with van der Waals surface area (Å²) in [5.74, 6) is -2.49. The Hall–Kier alpha value is -6.38. The summed E-state index contributed by atoms with van der Waals surface area (Å²) >= 11 is 7.30. The number of piperazine rings is 2. The molecule has 5 aromatic carbocycles. The summed E-state index contributed by atoms with van der Waals surface area (Å²) in [5, 5.41) is 20.7. The van der Waals surface area contributed by atoms with Crippen molar-refractivity contribution in [1.82, 2.24) is 35.0 Å². The Balaban J connectivity index is 0.742. The maximum atomic E-state index is 14.7. The van der Waals surface area contributed by atoms with Gasteiger partial charge in [-0.05, 0) is 154 Å². The number of amides is 5. The number of carbonyl (C=O) groups is 5. The first kappa shape index (κ1) is 83.1. The lowest BCUT2D eigenvalue weighted by Crippen LogP contribution is -2.60. The van der Waals surface area contributed by atoms with Gasteiger partial charge in [-0.25, -0.2) is 24.7 Å². The van der Waals surface area contributed by atoms with Gasteiger partial charge in [0.25, 0.3) is 25.8 Å². The fraction of sp³-hybridized carbons (Fsp3) is 0.500. The number of nitrogens with zero attached hydrogens (tertiary/aromatic N) is 6. The molecule has 10 rings (SSSR count). The van der Waals surface area contributed by atoms with Gasteiger partial charge in [-0.1, -0.05) is 134 Å². The minimum atomic E-state index is -6.21. The molecular formula is C78H99ClF3IN10O10S4. The second-order valence-corrected chi connectivity index (χ2v) is 40.4.